The van der Waals surface area contributed by atoms with Gasteiger partial charge in [0.15, 0.2) is 0 Å². The summed E-state index contributed by atoms with van der Waals surface area (Å²) >= 11 is 0. The second-order valence-electron chi connectivity index (χ2n) is 6.82. The van der Waals surface area contributed by atoms with E-state index in [-0.39, 0.29) is 23.7 Å². The maximum Gasteiger partial charge on any atom is 0.253 e. The van der Waals surface area contributed by atoms with Gasteiger partial charge in [-0.3, -0.25) is 9.59 Å². The normalized spacial score (nSPS) is 19.0. The molecule has 2 atom stereocenters. The molecule has 2 aromatic rings. The highest BCUT2D eigenvalue weighted by Crippen LogP contribution is 2.38. The van der Waals surface area contributed by atoms with Gasteiger partial charge in [0.1, 0.15) is 5.75 Å². The number of hydrogen-bond acceptors (Lipinski definition) is 3. The van der Waals surface area contributed by atoms with Gasteiger partial charge in [0, 0.05) is 31.1 Å². The third-order valence-corrected chi connectivity index (χ3v) is 5.05. The number of likely N-dealkylation sites (tertiary alicyclic amines) is 1. The molecule has 1 aliphatic heterocycles. The lowest BCUT2D eigenvalue weighted by Gasteiger charge is -2.20. The van der Waals surface area contributed by atoms with Crippen LogP contribution >= 0.6 is 0 Å². The molecule has 27 heavy (non-hydrogen) atoms. The van der Waals surface area contributed by atoms with Crippen molar-refractivity contribution in [1.82, 2.24) is 10.2 Å². The van der Waals surface area contributed by atoms with Crippen LogP contribution in [0.3, 0.4) is 0 Å². The molecule has 2 amide bonds. The van der Waals surface area contributed by atoms with Gasteiger partial charge in [-0.15, -0.1) is 0 Å². The van der Waals surface area contributed by atoms with Gasteiger partial charge >= 0.3 is 0 Å². The van der Waals surface area contributed by atoms with Crippen LogP contribution in [0.1, 0.15) is 35.2 Å². The van der Waals surface area contributed by atoms with E-state index >= 15 is 0 Å². The van der Waals surface area contributed by atoms with Gasteiger partial charge in [-0.2, -0.15) is 0 Å². The van der Waals surface area contributed by atoms with Crippen LogP contribution in [0.15, 0.2) is 54.6 Å². The van der Waals surface area contributed by atoms with Gasteiger partial charge in [-0.1, -0.05) is 43.3 Å². The van der Waals surface area contributed by atoms with E-state index in [4.69, 9.17) is 4.74 Å². The first-order valence-electron chi connectivity index (χ1n) is 9.40. The van der Waals surface area contributed by atoms with Crippen molar-refractivity contribution >= 4 is 11.8 Å². The van der Waals surface area contributed by atoms with E-state index in [1.54, 1.807) is 12.0 Å². The Kier molecular flexibility index (Phi) is 6.12. The van der Waals surface area contributed by atoms with Crippen molar-refractivity contribution in [3.8, 4) is 5.75 Å². The zero-order valence-electron chi connectivity index (χ0n) is 15.9. The van der Waals surface area contributed by atoms with Gasteiger partial charge in [-0.25, -0.2) is 0 Å². The average molecular weight is 366 g/mol. The highest BCUT2D eigenvalue weighted by atomic mass is 16.5. The van der Waals surface area contributed by atoms with Crippen LogP contribution in [0.5, 0.6) is 5.75 Å². The number of carbonyl (C=O) groups is 2. The first-order chi connectivity index (χ1) is 13.2. The molecule has 1 N–H and O–H groups in total. The van der Waals surface area contributed by atoms with Gasteiger partial charge in [0.05, 0.1) is 13.0 Å². The van der Waals surface area contributed by atoms with E-state index in [2.05, 4.69) is 5.32 Å². The molecule has 5 nitrogen and oxygen atoms in total. The Morgan fingerprint density at radius 1 is 1.07 bits per heavy atom. The van der Waals surface area contributed by atoms with Crippen LogP contribution in [-0.4, -0.2) is 43.5 Å². The number of methoxy groups -OCH3 is 1. The van der Waals surface area contributed by atoms with E-state index in [0.717, 1.165) is 17.7 Å². The predicted molar refractivity (Wildman–Crippen MR) is 105 cm³/mol. The number of ether oxygens (including phenoxy) is 1. The maximum atomic E-state index is 12.9. The minimum Gasteiger partial charge on any atom is -0.496 e. The lowest BCUT2D eigenvalue weighted by Crippen LogP contribution is -2.36. The van der Waals surface area contributed by atoms with E-state index < -0.39 is 0 Å². The van der Waals surface area contributed by atoms with E-state index in [1.165, 1.54) is 0 Å². The standard InChI is InChI=1S/C22H26N2O3/c1-3-13-23-21(25)19-15-24(22(26)16-9-5-4-6-10-16)14-18(19)17-11-7-8-12-20(17)27-2/h4-12,18-19H,3,13-15H2,1-2H3,(H,23,25)/t18-,19-/m0/s1. The van der Waals surface area contributed by atoms with Crippen LogP contribution in [0.2, 0.25) is 0 Å². The number of nitrogens with zero attached hydrogens (tertiary/aromatic N) is 1. The van der Waals surface area contributed by atoms with Gasteiger partial charge in [-0.05, 0) is 30.2 Å². The van der Waals surface area contributed by atoms with Gasteiger partial charge in [0.25, 0.3) is 5.91 Å². The number of amides is 2. The van der Waals surface area contributed by atoms with Crippen molar-refractivity contribution in [1.29, 1.82) is 0 Å². The molecule has 0 bridgehead atoms. The summed E-state index contributed by atoms with van der Waals surface area (Å²) in [6.45, 7) is 3.57. The molecule has 0 aromatic heterocycles. The molecule has 142 valence electrons. The summed E-state index contributed by atoms with van der Waals surface area (Å²) in [6, 6.07) is 17.0. The number of hydrogen-bond donors (Lipinski definition) is 1. The number of para-hydroxylation sites is 1. The summed E-state index contributed by atoms with van der Waals surface area (Å²) in [5.74, 6) is 0.327. The number of rotatable bonds is 6. The Morgan fingerprint density at radius 2 is 1.78 bits per heavy atom. The largest absolute Gasteiger partial charge is 0.496 e. The SMILES string of the molecule is CCCNC(=O)[C@H]1CN(C(=O)c2ccccc2)C[C@H]1c1ccccc1OC. The fourth-order valence-corrected chi connectivity index (χ4v) is 3.67. The zero-order valence-corrected chi connectivity index (χ0v) is 15.9. The third kappa shape index (κ3) is 4.13. The predicted octanol–water partition coefficient (Wildman–Crippen LogP) is 3.08. The van der Waals surface area contributed by atoms with Crippen LogP contribution in [0.25, 0.3) is 0 Å². The molecule has 1 saturated heterocycles. The minimum absolute atomic E-state index is 0.00359. The highest BCUT2D eigenvalue weighted by molar-refractivity contribution is 5.95. The molecule has 0 saturated carbocycles. The second kappa shape index (κ2) is 8.71. The van der Waals surface area contributed by atoms with Crippen molar-refractivity contribution in [2.24, 2.45) is 5.92 Å². The topological polar surface area (TPSA) is 58.6 Å². The molecule has 0 aliphatic carbocycles. The molecular weight excluding hydrogens is 340 g/mol. The summed E-state index contributed by atoms with van der Waals surface area (Å²) < 4.78 is 5.51. The van der Waals surface area contributed by atoms with Crippen LogP contribution in [-0.2, 0) is 4.79 Å². The third-order valence-electron chi connectivity index (χ3n) is 5.05. The molecule has 0 spiro atoms. The Morgan fingerprint density at radius 3 is 2.48 bits per heavy atom. The quantitative estimate of drug-likeness (QED) is 0.855. The molecule has 5 heteroatoms. The van der Waals surface area contributed by atoms with Crippen molar-refractivity contribution < 1.29 is 14.3 Å². The summed E-state index contributed by atoms with van der Waals surface area (Å²) in [6.07, 6.45) is 0.879. The summed E-state index contributed by atoms with van der Waals surface area (Å²) in [5.41, 5.74) is 1.62. The van der Waals surface area contributed by atoms with Crippen molar-refractivity contribution in [3.63, 3.8) is 0 Å². The summed E-state index contributed by atoms with van der Waals surface area (Å²) in [5, 5.41) is 2.99. The molecule has 1 aliphatic rings. The molecular formula is C22H26N2O3. The van der Waals surface area contributed by atoms with Gasteiger partial charge < -0.3 is 15.0 Å². The Labute approximate surface area is 160 Å². The summed E-state index contributed by atoms with van der Waals surface area (Å²) in [7, 11) is 1.63. The van der Waals surface area contributed by atoms with E-state index in [0.29, 0.717) is 25.2 Å². The highest BCUT2D eigenvalue weighted by Gasteiger charge is 2.41. The molecule has 0 unspecified atom stereocenters. The molecule has 1 fully saturated rings. The average Bonchev–Trinajstić information content (AvgIpc) is 3.17. The van der Waals surface area contributed by atoms with Crippen molar-refractivity contribution in [2.75, 3.05) is 26.7 Å². The van der Waals surface area contributed by atoms with Crippen molar-refractivity contribution in [3.05, 3.63) is 65.7 Å². The fourth-order valence-electron chi connectivity index (χ4n) is 3.67. The lowest BCUT2D eigenvalue weighted by molar-refractivity contribution is -0.124. The Hall–Kier alpha value is -2.82. The van der Waals surface area contributed by atoms with E-state index in [1.807, 2.05) is 61.5 Å². The van der Waals surface area contributed by atoms with Gasteiger partial charge in [0.2, 0.25) is 5.91 Å². The smallest absolute Gasteiger partial charge is 0.253 e. The van der Waals surface area contributed by atoms with Crippen LogP contribution in [0, 0.1) is 5.92 Å². The van der Waals surface area contributed by atoms with Crippen LogP contribution < -0.4 is 10.1 Å². The first kappa shape index (κ1) is 19.0. The lowest BCUT2D eigenvalue weighted by atomic mass is 9.87. The number of nitrogens with one attached hydrogen (secondary N) is 1. The Balaban J connectivity index is 1.89. The molecule has 0 radical (unpaired) electrons. The first-order valence-corrected chi connectivity index (χ1v) is 9.40. The zero-order chi connectivity index (χ0) is 19.2. The number of benzene rings is 2. The maximum absolute atomic E-state index is 12.9. The fraction of sp³-hybridized carbons (Fsp3) is 0.364. The Bertz CT molecular complexity index is 791. The molecule has 3 rings (SSSR count). The summed E-state index contributed by atoms with van der Waals surface area (Å²) in [4.78, 5) is 27.5. The monoisotopic (exact) mass is 366 g/mol. The molecule has 2 aromatic carbocycles. The molecule has 1 heterocycles. The minimum atomic E-state index is -0.291. The number of carbonyl (C=O) groups excluding carboxylic acids is 2. The van der Waals surface area contributed by atoms with Crippen molar-refractivity contribution in [2.45, 2.75) is 19.3 Å². The van der Waals surface area contributed by atoms with Crippen LogP contribution in [0.4, 0.5) is 0 Å². The van der Waals surface area contributed by atoms with E-state index in [9.17, 15) is 9.59 Å². The second-order valence-corrected chi connectivity index (χ2v) is 6.82.